The molecule has 0 spiro atoms. The summed E-state index contributed by atoms with van der Waals surface area (Å²) in [7, 11) is 1.43. The van der Waals surface area contributed by atoms with Crippen molar-refractivity contribution in [1.82, 2.24) is 0 Å². The van der Waals surface area contributed by atoms with E-state index in [1.54, 1.807) is 6.92 Å². The van der Waals surface area contributed by atoms with Crippen LogP contribution >= 0.6 is 0 Å². The van der Waals surface area contributed by atoms with E-state index in [-0.39, 0.29) is 6.61 Å². The fourth-order valence-corrected chi connectivity index (χ4v) is 2.05. The van der Waals surface area contributed by atoms with E-state index in [0.717, 1.165) is 11.8 Å². The van der Waals surface area contributed by atoms with Crippen LogP contribution in [0.4, 0.5) is 0 Å². The second-order valence-corrected chi connectivity index (χ2v) is 4.49. The van der Waals surface area contributed by atoms with Gasteiger partial charge in [0, 0.05) is 13.5 Å². The molecule has 2 bridgehead atoms. The Labute approximate surface area is 91.8 Å². The maximum atomic E-state index is 8.75. The molecule has 2 aliphatic rings. The molecule has 0 aromatic carbocycles. The number of hydrogen-bond donors (Lipinski definition) is 2. The van der Waals surface area contributed by atoms with Crippen LogP contribution in [0.3, 0.4) is 0 Å². The summed E-state index contributed by atoms with van der Waals surface area (Å²) in [4.78, 5) is 0. The highest BCUT2D eigenvalue weighted by atomic mass is 16.6. The molecule has 15 heavy (non-hydrogen) atoms. The van der Waals surface area contributed by atoms with Crippen LogP contribution in [-0.2, 0) is 4.74 Å². The van der Waals surface area contributed by atoms with Crippen LogP contribution in [0.5, 0.6) is 0 Å². The fraction of sp³-hybridized carbons (Fsp3) is 0.833. The van der Waals surface area contributed by atoms with E-state index in [0.29, 0.717) is 6.42 Å². The molecular formula is C12H22O3. The Kier molecular flexibility index (Phi) is 4.77. The summed E-state index contributed by atoms with van der Waals surface area (Å²) in [6, 6.07) is 0. The molecule has 0 aromatic heterocycles. The van der Waals surface area contributed by atoms with Gasteiger partial charge in [0.2, 0.25) is 0 Å². The Hall–Kier alpha value is -0.380. The van der Waals surface area contributed by atoms with E-state index < -0.39 is 5.79 Å². The van der Waals surface area contributed by atoms with Gasteiger partial charge < -0.3 is 14.9 Å². The highest BCUT2D eigenvalue weighted by Gasteiger charge is 2.25. The molecule has 0 radical (unpaired) electrons. The Morgan fingerprint density at radius 2 is 1.80 bits per heavy atom. The van der Waals surface area contributed by atoms with Crippen LogP contribution in [0.15, 0.2) is 12.2 Å². The highest BCUT2D eigenvalue weighted by molar-refractivity contribution is 5.06. The first kappa shape index (κ1) is 12.7. The molecular weight excluding hydrogens is 192 g/mol. The predicted octanol–water partition coefficient (Wildman–Crippen LogP) is 1.70. The standard InChI is InChI=1S/C7H10.C5H12O3/c1-2-7-4-3-6(1)5-7;1-3-5(6,7)4-8-2/h1-2,6-7H,3-5H2;6-7H,3-4H2,1-2H3. The summed E-state index contributed by atoms with van der Waals surface area (Å²) in [6.45, 7) is 1.66. The third kappa shape index (κ3) is 4.33. The normalized spacial score (nSPS) is 27.7. The van der Waals surface area contributed by atoms with E-state index in [9.17, 15) is 0 Å². The van der Waals surface area contributed by atoms with Crippen LogP contribution in [0, 0.1) is 11.8 Å². The van der Waals surface area contributed by atoms with Gasteiger partial charge in [-0.15, -0.1) is 0 Å². The molecule has 2 unspecified atom stereocenters. The molecule has 88 valence electrons. The first-order chi connectivity index (χ1) is 7.07. The summed E-state index contributed by atoms with van der Waals surface area (Å²) < 4.78 is 4.50. The lowest BCUT2D eigenvalue weighted by Gasteiger charge is -2.17. The lowest BCUT2D eigenvalue weighted by atomic mass is 10.1. The van der Waals surface area contributed by atoms with Crippen molar-refractivity contribution in [2.24, 2.45) is 11.8 Å². The third-order valence-electron chi connectivity index (χ3n) is 3.11. The lowest BCUT2D eigenvalue weighted by Crippen LogP contribution is -2.32. The summed E-state index contributed by atoms with van der Waals surface area (Å²) in [5.41, 5.74) is 0. The molecule has 0 aromatic rings. The van der Waals surface area contributed by atoms with E-state index in [1.165, 1.54) is 26.4 Å². The minimum atomic E-state index is -1.63. The van der Waals surface area contributed by atoms with E-state index in [4.69, 9.17) is 10.2 Å². The fourth-order valence-electron chi connectivity index (χ4n) is 2.05. The van der Waals surface area contributed by atoms with Gasteiger partial charge in [0.1, 0.15) is 0 Å². The Morgan fingerprint density at radius 3 is 1.93 bits per heavy atom. The quantitative estimate of drug-likeness (QED) is 0.555. The predicted molar refractivity (Wildman–Crippen MR) is 59.3 cm³/mol. The van der Waals surface area contributed by atoms with Gasteiger partial charge in [-0.25, -0.2) is 0 Å². The third-order valence-corrected chi connectivity index (χ3v) is 3.11. The summed E-state index contributed by atoms with van der Waals surface area (Å²) in [6.07, 6.45) is 9.48. The van der Waals surface area contributed by atoms with Gasteiger partial charge in [-0.2, -0.15) is 0 Å². The van der Waals surface area contributed by atoms with Gasteiger partial charge in [0.15, 0.2) is 5.79 Å². The van der Waals surface area contributed by atoms with Crippen molar-refractivity contribution in [1.29, 1.82) is 0 Å². The molecule has 1 saturated carbocycles. The molecule has 0 aliphatic heterocycles. The number of allylic oxidation sites excluding steroid dienone is 2. The topological polar surface area (TPSA) is 49.7 Å². The molecule has 3 nitrogen and oxygen atoms in total. The minimum absolute atomic E-state index is 0.0243. The smallest absolute Gasteiger partial charge is 0.186 e. The average molecular weight is 214 g/mol. The first-order valence-electron chi connectivity index (χ1n) is 5.69. The monoisotopic (exact) mass is 214 g/mol. The molecule has 0 saturated heterocycles. The number of rotatable bonds is 3. The van der Waals surface area contributed by atoms with Gasteiger partial charge in [0.05, 0.1) is 6.61 Å². The van der Waals surface area contributed by atoms with Gasteiger partial charge >= 0.3 is 0 Å². The van der Waals surface area contributed by atoms with Crippen molar-refractivity contribution in [2.45, 2.75) is 38.4 Å². The second-order valence-electron chi connectivity index (χ2n) is 4.49. The average Bonchev–Trinajstić information content (AvgIpc) is 2.82. The summed E-state index contributed by atoms with van der Waals surface area (Å²) in [5, 5.41) is 17.5. The SMILES string of the molecule is C1=CC2CCC1C2.CCC(O)(O)COC. The summed E-state index contributed by atoms with van der Waals surface area (Å²) >= 11 is 0. The van der Waals surface area contributed by atoms with Crippen LogP contribution < -0.4 is 0 Å². The number of hydrogen-bond acceptors (Lipinski definition) is 3. The van der Waals surface area contributed by atoms with Crippen molar-refractivity contribution in [3.8, 4) is 0 Å². The number of fused-ring (bicyclic) bond motifs is 2. The van der Waals surface area contributed by atoms with Gasteiger partial charge in [-0.05, 0) is 31.1 Å². The van der Waals surface area contributed by atoms with Crippen LogP contribution in [0.1, 0.15) is 32.6 Å². The number of ether oxygens (including phenoxy) is 1. The molecule has 3 heteroatoms. The Morgan fingerprint density at radius 1 is 1.27 bits per heavy atom. The van der Waals surface area contributed by atoms with Gasteiger partial charge in [-0.1, -0.05) is 19.1 Å². The Balaban J connectivity index is 0.000000150. The molecule has 2 atom stereocenters. The highest BCUT2D eigenvalue weighted by Crippen LogP contribution is 2.38. The molecule has 0 amide bonds. The van der Waals surface area contributed by atoms with Crippen molar-refractivity contribution in [3.63, 3.8) is 0 Å². The van der Waals surface area contributed by atoms with Crippen LogP contribution in [0.25, 0.3) is 0 Å². The second kappa shape index (κ2) is 5.64. The van der Waals surface area contributed by atoms with Crippen LogP contribution in [0.2, 0.25) is 0 Å². The zero-order valence-corrected chi connectivity index (χ0v) is 9.65. The van der Waals surface area contributed by atoms with Crippen molar-refractivity contribution < 1.29 is 14.9 Å². The minimum Gasteiger partial charge on any atom is -0.379 e. The van der Waals surface area contributed by atoms with E-state index >= 15 is 0 Å². The Bertz CT molecular complexity index is 199. The summed E-state index contributed by atoms with van der Waals surface area (Å²) in [5.74, 6) is 0.351. The van der Waals surface area contributed by atoms with Gasteiger partial charge in [0.25, 0.3) is 0 Å². The zero-order valence-electron chi connectivity index (χ0n) is 9.65. The number of aliphatic hydroxyl groups is 2. The van der Waals surface area contributed by atoms with Gasteiger partial charge in [-0.3, -0.25) is 0 Å². The maximum absolute atomic E-state index is 8.75. The largest absolute Gasteiger partial charge is 0.379 e. The molecule has 2 N–H and O–H groups in total. The molecule has 0 heterocycles. The maximum Gasteiger partial charge on any atom is 0.186 e. The number of methoxy groups -OCH3 is 1. The lowest BCUT2D eigenvalue weighted by molar-refractivity contribution is -0.193. The first-order valence-corrected chi connectivity index (χ1v) is 5.69. The van der Waals surface area contributed by atoms with Crippen molar-refractivity contribution in [2.75, 3.05) is 13.7 Å². The van der Waals surface area contributed by atoms with Crippen LogP contribution in [-0.4, -0.2) is 29.7 Å². The molecule has 1 fully saturated rings. The molecule has 2 rings (SSSR count). The van der Waals surface area contributed by atoms with Crippen molar-refractivity contribution >= 4 is 0 Å². The zero-order chi connectivity index (χ0) is 11.3. The van der Waals surface area contributed by atoms with E-state index in [1.807, 2.05) is 0 Å². The molecule has 2 aliphatic carbocycles. The van der Waals surface area contributed by atoms with Crippen molar-refractivity contribution in [3.05, 3.63) is 12.2 Å². The van der Waals surface area contributed by atoms with E-state index in [2.05, 4.69) is 16.9 Å².